The molecule has 3 aromatic rings. The molecular formula is C26H25F3N6O2. The molecule has 4 heterocycles. The molecule has 3 amide bonds. The summed E-state index contributed by atoms with van der Waals surface area (Å²) in [5.41, 5.74) is 2.88. The third-order valence-electron chi connectivity index (χ3n) is 8.87. The number of hydrogen-bond donors (Lipinski definition) is 1. The molecule has 1 aromatic heterocycles. The highest BCUT2D eigenvalue weighted by Gasteiger charge is 2.59. The van der Waals surface area contributed by atoms with Gasteiger partial charge in [0.2, 0.25) is 0 Å². The summed E-state index contributed by atoms with van der Waals surface area (Å²) in [6.45, 7) is 3.50. The van der Waals surface area contributed by atoms with Crippen molar-refractivity contribution in [1.29, 1.82) is 0 Å². The zero-order valence-corrected chi connectivity index (χ0v) is 19.9. The largest absolute Gasteiger partial charge is 0.416 e. The average Bonchev–Trinajstić information content (AvgIpc) is 3.60. The average molecular weight is 511 g/mol. The van der Waals surface area contributed by atoms with Crippen molar-refractivity contribution >= 4 is 23.0 Å². The number of likely N-dealkylation sites (tertiary alicyclic amines) is 2. The van der Waals surface area contributed by atoms with Crippen LogP contribution in [0.1, 0.15) is 27.0 Å². The molecule has 2 aromatic carbocycles. The second kappa shape index (κ2) is 7.93. The molecule has 37 heavy (non-hydrogen) atoms. The number of halogens is 3. The van der Waals surface area contributed by atoms with Gasteiger partial charge in [0.15, 0.2) is 0 Å². The van der Waals surface area contributed by atoms with Crippen LogP contribution >= 0.6 is 0 Å². The summed E-state index contributed by atoms with van der Waals surface area (Å²) in [5, 5.41) is 10.6. The fraction of sp³-hybridized carbons (Fsp3) is 0.462. The molecular weight excluding hydrogens is 485 g/mol. The Kier molecular flexibility index (Phi) is 4.84. The molecule has 1 saturated carbocycles. The Hall–Kier alpha value is -3.63. The quantitative estimate of drug-likeness (QED) is 0.544. The summed E-state index contributed by atoms with van der Waals surface area (Å²) < 4.78 is 39.1. The van der Waals surface area contributed by atoms with E-state index in [0.717, 1.165) is 17.1 Å². The summed E-state index contributed by atoms with van der Waals surface area (Å²) >= 11 is 0. The Morgan fingerprint density at radius 2 is 1.57 bits per heavy atom. The van der Waals surface area contributed by atoms with Crippen molar-refractivity contribution < 1.29 is 22.8 Å². The smallest absolute Gasteiger partial charge is 0.338 e. The first-order valence-electron chi connectivity index (χ1n) is 12.6. The first-order valence-corrected chi connectivity index (χ1v) is 12.6. The molecule has 0 spiro atoms. The summed E-state index contributed by atoms with van der Waals surface area (Å²) in [6.07, 6.45) is -3.94. The second-order valence-electron chi connectivity index (χ2n) is 10.7. The van der Waals surface area contributed by atoms with Gasteiger partial charge in [-0.3, -0.25) is 9.89 Å². The number of nitrogens with one attached hydrogen (secondary N) is 1. The molecule has 0 radical (unpaired) electrons. The topological polar surface area (TPSA) is 85.4 Å². The number of H-pyrrole nitrogens is 1. The van der Waals surface area contributed by atoms with Gasteiger partial charge in [-0.25, -0.2) is 4.79 Å². The minimum absolute atomic E-state index is 0.00553. The predicted octanol–water partition coefficient (Wildman–Crippen LogP) is 3.40. The lowest BCUT2D eigenvalue weighted by molar-refractivity contribution is -0.137. The molecule has 0 unspecified atom stereocenters. The molecule has 11 heteroatoms. The highest BCUT2D eigenvalue weighted by Crippen LogP contribution is 2.54. The number of hydrogen-bond acceptors (Lipinski definition) is 4. The number of carbonyl (C=O) groups is 2. The van der Waals surface area contributed by atoms with Crippen molar-refractivity contribution in [3.05, 3.63) is 58.7 Å². The van der Waals surface area contributed by atoms with E-state index in [2.05, 4.69) is 15.4 Å². The number of rotatable bonds is 1. The summed E-state index contributed by atoms with van der Waals surface area (Å²) in [7, 11) is 0. The number of nitrogens with zero attached hydrogens (tertiary/aromatic N) is 5. The molecule has 4 aliphatic rings. The normalized spacial score (nSPS) is 26.6. The van der Waals surface area contributed by atoms with Gasteiger partial charge in [-0.15, -0.1) is 5.10 Å². The highest BCUT2D eigenvalue weighted by molar-refractivity contribution is 5.97. The fourth-order valence-electron chi connectivity index (χ4n) is 6.95. The molecule has 1 aliphatic carbocycles. The molecule has 1 N–H and O–H groups in total. The van der Waals surface area contributed by atoms with E-state index in [0.29, 0.717) is 86.0 Å². The maximum absolute atomic E-state index is 13.3. The van der Waals surface area contributed by atoms with E-state index < -0.39 is 11.7 Å². The Morgan fingerprint density at radius 3 is 2.27 bits per heavy atom. The molecule has 192 valence electrons. The first-order chi connectivity index (χ1) is 17.8. The van der Waals surface area contributed by atoms with Gasteiger partial charge in [-0.2, -0.15) is 13.2 Å². The Bertz CT molecular complexity index is 1400. The van der Waals surface area contributed by atoms with E-state index >= 15 is 0 Å². The van der Waals surface area contributed by atoms with Crippen LogP contribution in [0.15, 0.2) is 36.4 Å². The van der Waals surface area contributed by atoms with Crippen molar-refractivity contribution in [3.8, 4) is 0 Å². The van der Waals surface area contributed by atoms with Crippen LogP contribution in [0.2, 0.25) is 0 Å². The van der Waals surface area contributed by atoms with Gasteiger partial charge < -0.3 is 14.7 Å². The number of aromatic nitrogens is 3. The van der Waals surface area contributed by atoms with Crippen LogP contribution in [0.3, 0.4) is 0 Å². The summed E-state index contributed by atoms with van der Waals surface area (Å²) in [5.74, 6) is 1.56. The van der Waals surface area contributed by atoms with E-state index in [9.17, 15) is 22.8 Å². The van der Waals surface area contributed by atoms with Crippen molar-refractivity contribution in [3.63, 3.8) is 0 Å². The summed E-state index contributed by atoms with van der Waals surface area (Å²) in [6, 6.07) is 9.16. The van der Waals surface area contributed by atoms with Gasteiger partial charge in [-0.1, -0.05) is 11.3 Å². The highest BCUT2D eigenvalue weighted by atomic mass is 19.4. The maximum atomic E-state index is 13.3. The van der Waals surface area contributed by atoms with Gasteiger partial charge in [0.05, 0.1) is 11.1 Å². The zero-order chi connectivity index (χ0) is 25.5. The van der Waals surface area contributed by atoms with Crippen molar-refractivity contribution in [2.75, 3.05) is 32.7 Å². The lowest BCUT2D eigenvalue weighted by Gasteiger charge is -2.42. The SMILES string of the molecule is O=C(c1ccc2[nH]nnc2c1)N1C[C@@H]2[C@H](C1)[C@H]1CN(C(=O)N3CCc4cc(C(F)(F)F)ccc4C3)C[C@@H]21. The third-order valence-corrected chi connectivity index (χ3v) is 8.87. The Morgan fingerprint density at radius 1 is 0.865 bits per heavy atom. The predicted molar refractivity (Wildman–Crippen MR) is 126 cm³/mol. The first kappa shape index (κ1) is 22.6. The zero-order valence-electron chi connectivity index (χ0n) is 19.9. The minimum atomic E-state index is -4.36. The molecule has 8 nitrogen and oxygen atoms in total. The maximum Gasteiger partial charge on any atom is 0.416 e. The van der Waals surface area contributed by atoms with E-state index in [-0.39, 0.29) is 11.9 Å². The van der Waals surface area contributed by atoms with Crippen LogP contribution in [-0.4, -0.2) is 74.8 Å². The fourth-order valence-corrected chi connectivity index (χ4v) is 6.95. The standard InChI is InChI=1S/C26H25F3N6O2/c27-26(28,29)17-3-1-16-9-33(6-5-14(16)7-17)25(37)35-12-20-18-10-34(11-19(18)21(20)13-35)24(36)15-2-4-22-23(8-15)31-32-30-22/h1-4,7-8,18-21H,5-6,9-13H2,(H,30,31,32)/t18-,19+,20+,21-. The van der Waals surface area contributed by atoms with E-state index in [1.807, 2.05) is 15.9 Å². The molecule has 3 aliphatic heterocycles. The lowest BCUT2D eigenvalue weighted by Crippen LogP contribution is -2.44. The van der Waals surface area contributed by atoms with E-state index in [1.54, 1.807) is 17.0 Å². The second-order valence-corrected chi connectivity index (χ2v) is 10.7. The molecule has 3 fully saturated rings. The monoisotopic (exact) mass is 510 g/mol. The van der Waals surface area contributed by atoms with Crippen LogP contribution in [0.4, 0.5) is 18.0 Å². The van der Waals surface area contributed by atoms with Crippen LogP contribution in [0.5, 0.6) is 0 Å². The Labute approximate surface area is 210 Å². The van der Waals surface area contributed by atoms with Crippen molar-refractivity contribution in [1.82, 2.24) is 30.1 Å². The molecule has 4 atom stereocenters. The van der Waals surface area contributed by atoms with Crippen molar-refractivity contribution in [2.24, 2.45) is 23.7 Å². The van der Waals surface area contributed by atoms with Crippen LogP contribution in [0, 0.1) is 23.7 Å². The van der Waals surface area contributed by atoms with Gasteiger partial charge in [-0.05, 0) is 71.6 Å². The molecule has 0 bridgehead atoms. The molecule has 2 saturated heterocycles. The number of fused-ring (bicyclic) bond motifs is 6. The number of amides is 3. The number of aromatic amines is 1. The van der Waals surface area contributed by atoms with Gasteiger partial charge in [0.1, 0.15) is 5.52 Å². The van der Waals surface area contributed by atoms with Gasteiger partial charge >= 0.3 is 12.2 Å². The van der Waals surface area contributed by atoms with Gasteiger partial charge in [0, 0.05) is 44.8 Å². The van der Waals surface area contributed by atoms with Gasteiger partial charge in [0.25, 0.3) is 5.91 Å². The van der Waals surface area contributed by atoms with E-state index in [1.165, 1.54) is 12.1 Å². The van der Waals surface area contributed by atoms with Crippen molar-refractivity contribution in [2.45, 2.75) is 19.1 Å². The Balaban J connectivity index is 0.982. The summed E-state index contributed by atoms with van der Waals surface area (Å²) in [4.78, 5) is 32.0. The number of alkyl halides is 3. The van der Waals surface area contributed by atoms with E-state index in [4.69, 9.17) is 0 Å². The third kappa shape index (κ3) is 3.58. The number of carbonyl (C=O) groups excluding carboxylic acids is 2. The lowest BCUT2D eigenvalue weighted by atomic mass is 9.60. The van der Waals surface area contributed by atoms with Crippen LogP contribution in [0.25, 0.3) is 11.0 Å². The number of benzene rings is 2. The number of urea groups is 1. The van der Waals surface area contributed by atoms with Crippen LogP contribution in [-0.2, 0) is 19.1 Å². The molecule has 7 rings (SSSR count). The minimum Gasteiger partial charge on any atom is -0.338 e. The van der Waals surface area contributed by atoms with Crippen LogP contribution < -0.4 is 0 Å².